The number of carbonyl (C=O) groups excluding carboxylic acids is 1. The van der Waals surface area contributed by atoms with Gasteiger partial charge in [0, 0.05) is 11.8 Å². The molecule has 0 aliphatic rings. The second kappa shape index (κ2) is 6.70. The molecular formula is C14H19ClO. The Labute approximate surface area is 103 Å². The minimum Gasteiger partial charge on any atom is -0.300 e. The van der Waals surface area contributed by atoms with Crippen LogP contribution in [0.15, 0.2) is 24.3 Å². The van der Waals surface area contributed by atoms with E-state index in [1.165, 1.54) is 11.1 Å². The summed E-state index contributed by atoms with van der Waals surface area (Å²) in [5.41, 5.74) is 2.56. The Morgan fingerprint density at radius 2 is 1.81 bits per heavy atom. The van der Waals surface area contributed by atoms with Crippen molar-refractivity contribution in [3.63, 3.8) is 0 Å². The summed E-state index contributed by atoms with van der Waals surface area (Å²) >= 11 is 5.70. The van der Waals surface area contributed by atoms with Gasteiger partial charge in [-0.25, -0.2) is 0 Å². The first-order chi connectivity index (χ1) is 7.67. The average molecular weight is 239 g/mol. The van der Waals surface area contributed by atoms with E-state index >= 15 is 0 Å². The molecule has 0 bridgehead atoms. The topological polar surface area (TPSA) is 17.1 Å². The highest BCUT2D eigenvalue weighted by molar-refractivity contribution is 6.18. The van der Waals surface area contributed by atoms with Gasteiger partial charge in [0.25, 0.3) is 0 Å². The van der Waals surface area contributed by atoms with Crippen molar-refractivity contribution in [2.75, 3.05) is 5.88 Å². The van der Waals surface area contributed by atoms with E-state index in [2.05, 4.69) is 31.2 Å². The number of alkyl halides is 1. The van der Waals surface area contributed by atoms with Crippen LogP contribution in [0.2, 0.25) is 0 Å². The van der Waals surface area contributed by atoms with Gasteiger partial charge in [-0.05, 0) is 37.3 Å². The molecule has 0 saturated heterocycles. The van der Waals surface area contributed by atoms with Crippen LogP contribution in [0.4, 0.5) is 0 Å². The number of hydrogen-bond donors (Lipinski definition) is 0. The maximum absolute atomic E-state index is 11.4. The summed E-state index contributed by atoms with van der Waals surface area (Å²) < 4.78 is 0. The minimum absolute atomic E-state index is 0.0741. The fourth-order valence-electron chi connectivity index (χ4n) is 1.78. The molecule has 16 heavy (non-hydrogen) atoms. The number of carbonyl (C=O) groups is 1. The van der Waals surface area contributed by atoms with Crippen molar-refractivity contribution >= 4 is 17.4 Å². The second-order valence-electron chi connectivity index (χ2n) is 4.16. The molecule has 0 heterocycles. The minimum atomic E-state index is 0.0741. The summed E-state index contributed by atoms with van der Waals surface area (Å²) in [5.74, 6) is 0.863. The standard InChI is InChI=1S/C14H19ClO/c1-3-12-4-6-13(7-5-12)10-14(8-9-15)11(2)16/h4-7,14H,3,8-10H2,1-2H3. The van der Waals surface area contributed by atoms with Gasteiger partial charge in [-0.3, -0.25) is 4.79 Å². The van der Waals surface area contributed by atoms with Crippen molar-refractivity contribution < 1.29 is 4.79 Å². The number of ketones is 1. The van der Waals surface area contributed by atoms with Gasteiger partial charge in [-0.15, -0.1) is 11.6 Å². The van der Waals surface area contributed by atoms with E-state index in [-0.39, 0.29) is 11.7 Å². The number of aryl methyl sites for hydroxylation is 1. The second-order valence-corrected chi connectivity index (χ2v) is 4.54. The summed E-state index contributed by atoms with van der Waals surface area (Å²) in [6.45, 7) is 3.79. The third-order valence-electron chi connectivity index (χ3n) is 2.95. The molecule has 1 aromatic carbocycles. The quantitative estimate of drug-likeness (QED) is 0.692. The van der Waals surface area contributed by atoms with E-state index in [1.54, 1.807) is 6.92 Å². The van der Waals surface area contributed by atoms with Crippen LogP contribution in [-0.2, 0) is 17.6 Å². The molecule has 0 aromatic heterocycles. The fourth-order valence-corrected chi connectivity index (χ4v) is 2.04. The normalized spacial score (nSPS) is 12.4. The molecule has 0 aliphatic heterocycles. The lowest BCUT2D eigenvalue weighted by Gasteiger charge is -2.12. The van der Waals surface area contributed by atoms with Gasteiger partial charge in [0.05, 0.1) is 0 Å². The molecule has 0 fully saturated rings. The maximum Gasteiger partial charge on any atom is 0.133 e. The lowest BCUT2D eigenvalue weighted by molar-refractivity contribution is -0.120. The molecule has 88 valence electrons. The van der Waals surface area contributed by atoms with E-state index in [0.717, 1.165) is 19.3 Å². The van der Waals surface area contributed by atoms with E-state index in [4.69, 9.17) is 11.6 Å². The van der Waals surface area contributed by atoms with Gasteiger partial charge < -0.3 is 0 Å². The molecule has 0 amide bonds. The summed E-state index contributed by atoms with van der Waals surface area (Å²) in [6.07, 6.45) is 2.64. The van der Waals surface area contributed by atoms with Crippen LogP contribution in [-0.4, -0.2) is 11.7 Å². The molecular weight excluding hydrogens is 220 g/mol. The van der Waals surface area contributed by atoms with Crippen molar-refractivity contribution in [3.05, 3.63) is 35.4 Å². The molecule has 0 spiro atoms. The zero-order valence-corrected chi connectivity index (χ0v) is 10.8. The van der Waals surface area contributed by atoms with E-state index in [1.807, 2.05) is 0 Å². The van der Waals surface area contributed by atoms with Gasteiger partial charge in [-0.2, -0.15) is 0 Å². The summed E-state index contributed by atoms with van der Waals surface area (Å²) in [6, 6.07) is 8.49. The highest BCUT2D eigenvalue weighted by Crippen LogP contribution is 2.15. The summed E-state index contributed by atoms with van der Waals surface area (Å²) in [4.78, 5) is 11.4. The number of benzene rings is 1. The van der Waals surface area contributed by atoms with Crippen LogP contribution in [0.5, 0.6) is 0 Å². The van der Waals surface area contributed by atoms with E-state index in [0.29, 0.717) is 5.88 Å². The highest BCUT2D eigenvalue weighted by Gasteiger charge is 2.13. The molecule has 1 nitrogen and oxygen atoms in total. The Morgan fingerprint density at radius 3 is 2.25 bits per heavy atom. The van der Waals surface area contributed by atoms with Crippen molar-refractivity contribution in [1.82, 2.24) is 0 Å². The number of Topliss-reactive ketones (excluding diaryl/α,β-unsaturated/α-hetero) is 1. The first-order valence-electron chi connectivity index (χ1n) is 5.81. The predicted octanol–water partition coefficient (Wildman–Crippen LogP) is 3.63. The van der Waals surface area contributed by atoms with E-state index in [9.17, 15) is 4.79 Å². The monoisotopic (exact) mass is 238 g/mol. The SMILES string of the molecule is CCc1ccc(CC(CCCl)C(C)=O)cc1. The van der Waals surface area contributed by atoms with Crippen LogP contribution >= 0.6 is 11.6 Å². The average Bonchev–Trinajstić information content (AvgIpc) is 2.29. The Bertz CT molecular complexity index is 329. The molecule has 1 rings (SSSR count). The largest absolute Gasteiger partial charge is 0.300 e. The molecule has 0 aliphatic carbocycles. The van der Waals surface area contributed by atoms with Gasteiger partial charge in [0.2, 0.25) is 0 Å². The Balaban J connectivity index is 2.65. The van der Waals surface area contributed by atoms with Gasteiger partial charge in [-0.1, -0.05) is 31.2 Å². The van der Waals surface area contributed by atoms with Crippen LogP contribution in [0.3, 0.4) is 0 Å². The third-order valence-corrected chi connectivity index (χ3v) is 3.16. The lowest BCUT2D eigenvalue weighted by Crippen LogP contribution is -2.14. The van der Waals surface area contributed by atoms with Gasteiger partial charge >= 0.3 is 0 Å². The van der Waals surface area contributed by atoms with Crippen LogP contribution in [0.25, 0.3) is 0 Å². The zero-order chi connectivity index (χ0) is 12.0. The van der Waals surface area contributed by atoms with Gasteiger partial charge in [0.15, 0.2) is 0 Å². The summed E-state index contributed by atoms with van der Waals surface area (Å²) in [5, 5.41) is 0. The van der Waals surface area contributed by atoms with Crippen LogP contribution in [0, 0.1) is 5.92 Å². The van der Waals surface area contributed by atoms with Crippen molar-refractivity contribution in [1.29, 1.82) is 0 Å². The van der Waals surface area contributed by atoms with Crippen molar-refractivity contribution in [2.24, 2.45) is 5.92 Å². The molecule has 0 saturated carbocycles. The Hall–Kier alpha value is -0.820. The Morgan fingerprint density at radius 1 is 1.25 bits per heavy atom. The fraction of sp³-hybridized carbons (Fsp3) is 0.500. The van der Waals surface area contributed by atoms with Crippen LogP contribution < -0.4 is 0 Å². The first kappa shape index (κ1) is 13.2. The summed E-state index contributed by atoms with van der Waals surface area (Å²) in [7, 11) is 0. The van der Waals surface area contributed by atoms with Crippen molar-refractivity contribution in [2.45, 2.75) is 33.1 Å². The van der Waals surface area contributed by atoms with Crippen molar-refractivity contribution in [3.8, 4) is 0 Å². The molecule has 0 N–H and O–H groups in total. The lowest BCUT2D eigenvalue weighted by atomic mass is 9.93. The predicted molar refractivity (Wildman–Crippen MR) is 69.0 cm³/mol. The maximum atomic E-state index is 11.4. The third kappa shape index (κ3) is 3.97. The molecule has 1 unspecified atom stereocenters. The van der Waals surface area contributed by atoms with Crippen LogP contribution in [0.1, 0.15) is 31.4 Å². The van der Waals surface area contributed by atoms with Gasteiger partial charge in [0.1, 0.15) is 5.78 Å². The smallest absolute Gasteiger partial charge is 0.133 e. The number of rotatable bonds is 6. The number of hydrogen-bond acceptors (Lipinski definition) is 1. The molecule has 0 radical (unpaired) electrons. The van der Waals surface area contributed by atoms with E-state index < -0.39 is 0 Å². The molecule has 1 atom stereocenters. The molecule has 1 aromatic rings. The first-order valence-corrected chi connectivity index (χ1v) is 6.35. The highest BCUT2D eigenvalue weighted by atomic mass is 35.5. The number of halogens is 1. The Kier molecular flexibility index (Phi) is 5.54. The zero-order valence-electron chi connectivity index (χ0n) is 10.0. The molecule has 2 heteroatoms.